The molecule has 1 aromatic heterocycles. The number of carboxylic acid groups (broad SMARTS) is 1. The zero-order chi connectivity index (χ0) is 14.8. The van der Waals surface area contributed by atoms with Crippen LogP contribution < -0.4 is 5.32 Å². The summed E-state index contributed by atoms with van der Waals surface area (Å²) in [7, 11) is 0. The maximum atomic E-state index is 12.3. The zero-order valence-electron chi connectivity index (χ0n) is 11.5. The lowest BCUT2D eigenvalue weighted by molar-refractivity contribution is -0.138. The van der Waals surface area contributed by atoms with Crippen molar-refractivity contribution in [3.05, 3.63) is 42.2 Å². The third-order valence-electron chi connectivity index (χ3n) is 3.96. The fourth-order valence-corrected chi connectivity index (χ4v) is 2.84. The van der Waals surface area contributed by atoms with Crippen LogP contribution in [-0.4, -0.2) is 28.0 Å². The molecule has 1 saturated carbocycles. The molecule has 1 fully saturated rings. The van der Waals surface area contributed by atoms with Crippen molar-refractivity contribution in [3.63, 3.8) is 0 Å². The highest BCUT2D eigenvalue weighted by Crippen LogP contribution is 2.30. The minimum Gasteiger partial charge on any atom is -0.481 e. The van der Waals surface area contributed by atoms with Crippen molar-refractivity contribution in [2.75, 3.05) is 0 Å². The molecule has 1 aromatic carbocycles. The molecule has 1 heterocycles. The van der Waals surface area contributed by atoms with Crippen molar-refractivity contribution in [2.45, 2.75) is 25.3 Å². The Balaban J connectivity index is 1.67. The Morgan fingerprint density at radius 2 is 2.10 bits per heavy atom. The molecule has 0 spiro atoms. The molecule has 21 heavy (non-hydrogen) atoms. The van der Waals surface area contributed by atoms with Crippen molar-refractivity contribution < 1.29 is 14.7 Å². The number of nitrogens with one attached hydrogen (secondary N) is 1. The first kappa shape index (κ1) is 13.5. The minimum absolute atomic E-state index is 0.0776. The Morgan fingerprint density at radius 3 is 2.86 bits per heavy atom. The number of nitrogens with zero attached hydrogens (tertiary/aromatic N) is 1. The van der Waals surface area contributed by atoms with Crippen LogP contribution in [0.3, 0.4) is 0 Å². The Kier molecular flexibility index (Phi) is 3.56. The minimum atomic E-state index is -0.773. The number of fused-ring (bicyclic) bond motifs is 1. The van der Waals surface area contributed by atoms with Gasteiger partial charge in [-0.1, -0.05) is 12.1 Å². The number of rotatable bonds is 4. The van der Waals surface area contributed by atoms with E-state index in [1.807, 2.05) is 18.2 Å². The number of carbonyl (C=O) groups excluding carboxylic acids is 1. The molecule has 0 aliphatic heterocycles. The monoisotopic (exact) mass is 284 g/mol. The van der Waals surface area contributed by atoms with Crippen LogP contribution in [0.25, 0.3) is 10.8 Å². The van der Waals surface area contributed by atoms with Crippen molar-refractivity contribution >= 4 is 22.6 Å². The highest BCUT2D eigenvalue weighted by molar-refractivity contribution is 6.06. The topological polar surface area (TPSA) is 79.3 Å². The molecule has 1 aliphatic carbocycles. The van der Waals surface area contributed by atoms with Gasteiger partial charge < -0.3 is 10.4 Å². The predicted octanol–water partition coefficient (Wildman–Crippen LogP) is 2.22. The largest absolute Gasteiger partial charge is 0.481 e. The van der Waals surface area contributed by atoms with Gasteiger partial charge in [0.25, 0.3) is 5.91 Å². The number of pyridine rings is 1. The van der Waals surface area contributed by atoms with Crippen LogP contribution in [0.2, 0.25) is 0 Å². The lowest BCUT2D eigenvalue weighted by Crippen LogP contribution is -2.44. The van der Waals surface area contributed by atoms with Crippen LogP contribution in [0.1, 0.15) is 29.6 Å². The smallest absolute Gasteiger partial charge is 0.303 e. The Labute approximate surface area is 122 Å². The second-order valence-corrected chi connectivity index (χ2v) is 5.51. The highest BCUT2D eigenvalue weighted by Gasteiger charge is 2.32. The van der Waals surface area contributed by atoms with E-state index in [0.29, 0.717) is 5.56 Å². The van der Waals surface area contributed by atoms with Crippen LogP contribution in [0.15, 0.2) is 36.7 Å². The van der Waals surface area contributed by atoms with Gasteiger partial charge in [0.15, 0.2) is 0 Å². The van der Waals surface area contributed by atoms with Crippen LogP contribution in [0, 0.1) is 5.92 Å². The summed E-state index contributed by atoms with van der Waals surface area (Å²) in [6.07, 6.45) is 5.05. The molecule has 1 amide bonds. The molecular formula is C16H16N2O3. The standard InChI is InChI=1S/C16H16N2O3/c19-15(20)8-10-6-12(7-10)18-16(21)13-3-1-2-11-4-5-17-9-14(11)13/h1-5,9-10,12H,6-8H2,(H,18,21)(H,19,20). The van der Waals surface area contributed by atoms with Gasteiger partial charge in [-0.15, -0.1) is 0 Å². The van der Waals surface area contributed by atoms with E-state index in [1.54, 1.807) is 18.5 Å². The van der Waals surface area contributed by atoms with Crippen LogP contribution >= 0.6 is 0 Å². The average molecular weight is 284 g/mol. The van der Waals surface area contributed by atoms with E-state index in [-0.39, 0.29) is 24.3 Å². The molecule has 0 saturated heterocycles. The molecule has 2 aromatic rings. The lowest BCUT2D eigenvalue weighted by Gasteiger charge is -2.35. The van der Waals surface area contributed by atoms with E-state index in [2.05, 4.69) is 10.3 Å². The maximum Gasteiger partial charge on any atom is 0.303 e. The van der Waals surface area contributed by atoms with Gasteiger partial charge in [-0.25, -0.2) is 0 Å². The van der Waals surface area contributed by atoms with Crippen LogP contribution in [-0.2, 0) is 4.79 Å². The summed E-state index contributed by atoms with van der Waals surface area (Å²) in [5.41, 5.74) is 0.613. The number of benzene rings is 1. The first-order valence-corrected chi connectivity index (χ1v) is 6.99. The van der Waals surface area contributed by atoms with E-state index in [9.17, 15) is 9.59 Å². The third kappa shape index (κ3) is 2.86. The second-order valence-electron chi connectivity index (χ2n) is 5.51. The normalized spacial score (nSPS) is 20.8. The van der Waals surface area contributed by atoms with E-state index >= 15 is 0 Å². The molecule has 0 radical (unpaired) electrons. The van der Waals surface area contributed by atoms with Gasteiger partial charge in [-0.2, -0.15) is 0 Å². The van der Waals surface area contributed by atoms with E-state index in [1.165, 1.54) is 0 Å². The Bertz CT molecular complexity index is 687. The lowest BCUT2D eigenvalue weighted by atomic mass is 9.78. The Morgan fingerprint density at radius 1 is 1.29 bits per heavy atom. The summed E-state index contributed by atoms with van der Waals surface area (Å²) in [4.78, 5) is 27.0. The van der Waals surface area contributed by atoms with E-state index < -0.39 is 5.97 Å². The van der Waals surface area contributed by atoms with Gasteiger partial charge in [-0.3, -0.25) is 14.6 Å². The van der Waals surface area contributed by atoms with Crippen molar-refractivity contribution in [1.29, 1.82) is 0 Å². The molecule has 3 rings (SSSR count). The molecule has 5 nitrogen and oxygen atoms in total. The van der Waals surface area contributed by atoms with Gasteiger partial charge in [0.1, 0.15) is 0 Å². The molecule has 0 unspecified atom stereocenters. The van der Waals surface area contributed by atoms with Crippen molar-refractivity contribution in [3.8, 4) is 0 Å². The van der Waals surface area contributed by atoms with Gasteiger partial charge in [-0.05, 0) is 36.3 Å². The van der Waals surface area contributed by atoms with Gasteiger partial charge >= 0.3 is 5.97 Å². The summed E-state index contributed by atoms with van der Waals surface area (Å²) in [5.74, 6) is -0.709. The molecule has 1 aliphatic rings. The molecule has 108 valence electrons. The summed E-state index contributed by atoms with van der Waals surface area (Å²) < 4.78 is 0. The molecule has 5 heteroatoms. The summed E-state index contributed by atoms with van der Waals surface area (Å²) in [6, 6.07) is 7.53. The SMILES string of the molecule is O=C(O)CC1CC(NC(=O)c2cccc3ccncc23)C1. The van der Waals surface area contributed by atoms with E-state index in [4.69, 9.17) is 5.11 Å². The predicted molar refractivity (Wildman–Crippen MR) is 78.0 cm³/mol. The summed E-state index contributed by atoms with van der Waals surface area (Å²) >= 11 is 0. The van der Waals surface area contributed by atoms with Gasteiger partial charge in [0, 0.05) is 35.8 Å². The number of carbonyl (C=O) groups is 2. The third-order valence-corrected chi connectivity index (χ3v) is 3.96. The summed E-state index contributed by atoms with van der Waals surface area (Å²) in [5, 5.41) is 13.5. The quantitative estimate of drug-likeness (QED) is 0.902. The highest BCUT2D eigenvalue weighted by atomic mass is 16.4. The fourth-order valence-electron chi connectivity index (χ4n) is 2.84. The number of hydrogen-bond donors (Lipinski definition) is 2. The zero-order valence-corrected chi connectivity index (χ0v) is 11.5. The van der Waals surface area contributed by atoms with Gasteiger partial charge in [0.2, 0.25) is 0 Å². The van der Waals surface area contributed by atoms with Crippen molar-refractivity contribution in [2.24, 2.45) is 5.92 Å². The van der Waals surface area contributed by atoms with Gasteiger partial charge in [0.05, 0.1) is 0 Å². The number of carboxylic acids is 1. The number of aliphatic carboxylic acids is 1. The first-order valence-electron chi connectivity index (χ1n) is 6.99. The van der Waals surface area contributed by atoms with Crippen LogP contribution in [0.5, 0.6) is 0 Å². The average Bonchev–Trinajstić information content (AvgIpc) is 2.43. The maximum absolute atomic E-state index is 12.3. The first-order chi connectivity index (χ1) is 10.1. The van der Waals surface area contributed by atoms with Crippen LogP contribution in [0.4, 0.5) is 0 Å². The molecule has 2 N–H and O–H groups in total. The number of amides is 1. The molecular weight excluding hydrogens is 268 g/mol. The number of aromatic nitrogens is 1. The van der Waals surface area contributed by atoms with Crippen molar-refractivity contribution in [1.82, 2.24) is 10.3 Å². The molecule has 0 bridgehead atoms. The molecule has 0 atom stereocenters. The second kappa shape index (κ2) is 5.52. The summed E-state index contributed by atoms with van der Waals surface area (Å²) in [6.45, 7) is 0. The fraction of sp³-hybridized carbons (Fsp3) is 0.312. The van der Waals surface area contributed by atoms with E-state index in [0.717, 1.165) is 23.6 Å². The Hall–Kier alpha value is -2.43. The number of hydrogen-bond acceptors (Lipinski definition) is 3.